The van der Waals surface area contributed by atoms with Gasteiger partial charge in [-0.25, -0.2) is 4.98 Å². The minimum atomic E-state index is -0.286. The zero-order chi connectivity index (χ0) is 27.4. The van der Waals surface area contributed by atoms with Gasteiger partial charge in [-0.2, -0.15) is 0 Å². The molecule has 0 radical (unpaired) electrons. The number of thioether (sulfide) groups is 1. The van der Waals surface area contributed by atoms with Crippen LogP contribution in [0.15, 0.2) is 112 Å². The molecule has 39 heavy (non-hydrogen) atoms. The highest BCUT2D eigenvalue weighted by Crippen LogP contribution is 2.32. The lowest BCUT2D eigenvalue weighted by molar-refractivity contribution is 1.25. The Labute approximate surface area is 235 Å². The molecule has 0 aliphatic heterocycles. The summed E-state index contributed by atoms with van der Waals surface area (Å²) in [5.74, 6) is 1.54. The zero-order valence-electron chi connectivity index (χ0n) is 21.3. The van der Waals surface area contributed by atoms with Gasteiger partial charge in [0.15, 0.2) is 0 Å². The van der Waals surface area contributed by atoms with Crippen LogP contribution >= 0.6 is 24.4 Å². The van der Waals surface area contributed by atoms with E-state index in [2.05, 4.69) is 64.8 Å². The van der Waals surface area contributed by atoms with Gasteiger partial charge in [0.05, 0.1) is 16.7 Å². The molecule has 3 aromatic carbocycles. The van der Waals surface area contributed by atoms with Crippen LogP contribution in [0.3, 0.4) is 0 Å². The molecule has 0 saturated carbocycles. The third-order valence-corrected chi connectivity index (χ3v) is 7.45. The number of nitrogen functional groups attached to an aromatic ring is 2. The van der Waals surface area contributed by atoms with Crippen molar-refractivity contribution in [3.05, 3.63) is 108 Å². The van der Waals surface area contributed by atoms with Crippen molar-refractivity contribution in [1.82, 2.24) is 15.0 Å². The number of para-hydroxylation sites is 1. The highest BCUT2D eigenvalue weighted by Gasteiger charge is 2.09. The average molecular weight is 550 g/mol. The lowest BCUT2D eigenvalue weighted by atomic mass is 10.0. The van der Waals surface area contributed by atoms with E-state index in [9.17, 15) is 4.79 Å². The van der Waals surface area contributed by atoms with Gasteiger partial charge in [-0.3, -0.25) is 9.78 Å². The molecule has 8 heteroatoms. The monoisotopic (exact) mass is 549 g/mol. The second-order valence-corrected chi connectivity index (χ2v) is 10.6. The fraction of sp³-hybridized carbons (Fsp3) is 0.0645. The number of nitrogens with one attached hydrogen (secondary N) is 1. The summed E-state index contributed by atoms with van der Waals surface area (Å²) in [4.78, 5) is 25.1. The van der Waals surface area contributed by atoms with E-state index in [0.717, 1.165) is 54.7 Å². The standard InChI is InChI=1S/C22H20N4OS.C9H7NS/c1-2-28-17-6-3-13(4-7-17)18-10-15-9-14(5-8-20(15)26-21(18)24)16-11-19(23)22(27)25-12-16;11-8-5-1-3-7-4-2-6-10-9(7)8/h3-12H,2,23H2,1H3,(H2,24,26)(H,25,27);1-6,11H. The molecular formula is C31H27N5OS2. The summed E-state index contributed by atoms with van der Waals surface area (Å²) in [7, 11) is 0. The number of anilines is 2. The number of nitrogens with two attached hydrogens (primary N) is 2. The lowest BCUT2D eigenvalue weighted by Gasteiger charge is -2.10. The van der Waals surface area contributed by atoms with Crippen molar-refractivity contribution in [3.63, 3.8) is 0 Å². The van der Waals surface area contributed by atoms with E-state index in [4.69, 9.17) is 11.5 Å². The van der Waals surface area contributed by atoms with Gasteiger partial charge in [-0.15, -0.1) is 24.4 Å². The van der Waals surface area contributed by atoms with Crippen LogP contribution in [0.5, 0.6) is 0 Å². The molecular weight excluding hydrogens is 523 g/mol. The molecule has 0 aliphatic rings. The number of nitrogens with zero attached hydrogens (tertiary/aromatic N) is 2. The summed E-state index contributed by atoms with van der Waals surface area (Å²) in [6, 6.07) is 27.9. The maximum Gasteiger partial charge on any atom is 0.271 e. The lowest BCUT2D eigenvalue weighted by Crippen LogP contribution is -2.10. The Hall–Kier alpha value is -4.27. The first kappa shape index (κ1) is 26.3. The first-order valence-corrected chi connectivity index (χ1v) is 13.8. The van der Waals surface area contributed by atoms with Gasteiger partial charge in [0.25, 0.3) is 5.56 Å². The molecule has 6 aromatic rings. The maximum absolute atomic E-state index is 11.5. The Morgan fingerprint density at radius 2 is 1.64 bits per heavy atom. The minimum Gasteiger partial charge on any atom is -0.394 e. The molecule has 6 nitrogen and oxygen atoms in total. The van der Waals surface area contributed by atoms with Crippen molar-refractivity contribution in [1.29, 1.82) is 0 Å². The van der Waals surface area contributed by atoms with Gasteiger partial charge in [-0.05, 0) is 65.4 Å². The molecule has 0 fully saturated rings. The summed E-state index contributed by atoms with van der Waals surface area (Å²) >= 11 is 6.09. The normalized spacial score (nSPS) is 10.8. The largest absolute Gasteiger partial charge is 0.394 e. The first-order chi connectivity index (χ1) is 18.9. The zero-order valence-corrected chi connectivity index (χ0v) is 23.0. The molecule has 0 saturated heterocycles. The Morgan fingerprint density at radius 1 is 0.872 bits per heavy atom. The number of benzene rings is 3. The number of rotatable bonds is 4. The molecule has 0 amide bonds. The highest BCUT2D eigenvalue weighted by molar-refractivity contribution is 7.99. The van der Waals surface area contributed by atoms with Crippen LogP contribution in [0.4, 0.5) is 11.5 Å². The van der Waals surface area contributed by atoms with Gasteiger partial charge in [0, 0.05) is 44.1 Å². The summed E-state index contributed by atoms with van der Waals surface area (Å²) in [6.07, 6.45) is 3.44. The third-order valence-electron chi connectivity index (χ3n) is 6.20. The number of hydrogen-bond donors (Lipinski definition) is 4. The van der Waals surface area contributed by atoms with Crippen LogP contribution in [-0.4, -0.2) is 20.7 Å². The second kappa shape index (κ2) is 11.6. The number of hydrogen-bond acceptors (Lipinski definition) is 7. The number of H-pyrrole nitrogens is 1. The van der Waals surface area contributed by atoms with Gasteiger partial charge < -0.3 is 16.5 Å². The summed E-state index contributed by atoms with van der Waals surface area (Å²) < 4.78 is 0. The Bertz CT molecular complexity index is 1830. The highest BCUT2D eigenvalue weighted by atomic mass is 32.2. The topological polar surface area (TPSA) is 111 Å². The van der Waals surface area contributed by atoms with Crippen LogP contribution in [-0.2, 0) is 0 Å². The Balaban J connectivity index is 0.000000233. The number of aromatic nitrogens is 3. The van der Waals surface area contributed by atoms with E-state index in [1.807, 2.05) is 48.5 Å². The van der Waals surface area contributed by atoms with Crippen molar-refractivity contribution in [3.8, 4) is 22.3 Å². The van der Waals surface area contributed by atoms with E-state index in [1.54, 1.807) is 30.2 Å². The SMILES string of the molecule is CCSc1ccc(-c2cc3cc(-c4c[nH]c(=O)c(N)c4)ccc3nc2N)cc1.Sc1cccc2cccnc12. The van der Waals surface area contributed by atoms with Crippen LogP contribution in [0, 0.1) is 0 Å². The fourth-order valence-corrected chi connectivity index (χ4v) is 5.19. The van der Waals surface area contributed by atoms with Gasteiger partial charge in [-0.1, -0.05) is 43.3 Å². The van der Waals surface area contributed by atoms with Gasteiger partial charge in [0.2, 0.25) is 0 Å². The summed E-state index contributed by atoms with van der Waals surface area (Å²) in [5, 5.41) is 2.11. The summed E-state index contributed by atoms with van der Waals surface area (Å²) in [6.45, 7) is 2.14. The molecule has 6 rings (SSSR count). The first-order valence-electron chi connectivity index (χ1n) is 12.4. The van der Waals surface area contributed by atoms with E-state index >= 15 is 0 Å². The molecule has 0 aliphatic carbocycles. The van der Waals surface area contributed by atoms with Crippen LogP contribution < -0.4 is 17.0 Å². The van der Waals surface area contributed by atoms with Crippen molar-refractivity contribution in [2.24, 2.45) is 0 Å². The van der Waals surface area contributed by atoms with Crippen LogP contribution in [0.1, 0.15) is 6.92 Å². The van der Waals surface area contributed by atoms with Crippen molar-refractivity contribution in [2.45, 2.75) is 16.7 Å². The molecule has 194 valence electrons. The third kappa shape index (κ3) is 5.92. The van der Waals surface area contributed by atoms with Crippen molar-refractivity contribution < 1.29 is 0 Å². The predicted octanol–water partition coefficient (Wildman–Crippen LogP) is 7.06. The van der Waals surface area contributed by atoms with E-state index < -0.39 is 0 Å². The number of thiol groups is 1. The number of fused-ring (bicyclic) bond motifs is 2. The Kier molecular flexibility index (Phi) is 7.86. The molecule has 3 aromatic heterocycles. The smallest absolute Gasteiger partial charge is 0.271 e. The minimum absolute atomic E-state index is 0.193. The summed E-state index contributed by atoms with van der Waals surface area (Å²) in [5.41, 5.74) is 17.4. The molecule has 0 atom stereocenters. The second-order valence-electron chi connectivity index (χ2n) is 8.81. The van der Waals surface area contributed by atoms with Gasteiger partial charge in [0.1, 0.15) is 5.82 Å². The quantitative estimate of drug-likeness (QED) is 0.138. The molecule has 0 bridgehead atoms. The number of pyridine rings is 3. The van der Waals surface area contributed by atoms with Crippen molar-refractivity contribution >= 4 is 57.7 Å². The van der Waals surface area contributed by atoms with Crippen LogP contribution in [0.25, 0.3) is 44.1 Å². The van der Waals surface area contributed by atoms with E-state index in [1.165, 1.54) is 4.90 Å². The molecule has 5 N–H and O–H groups in total. The molecule has 0 spiro atoms. The maximum atomic E-state index is 11.5. The predicted molar refractivity (Wildman–Crippen MR) is 167 cm³/mol. The average Bonchev–Trinajstić information content (AvgIpc) is 2.95. The van der Waals surface area contributed by atoms with Gasteiger partial charge >= 0.3 is 0 Å². The Morgan fingerprint density at radius 3 is 2.38 bits per heavy atom. The van der Waals surface area contributed by atoms with E-state index in [-0.39, 0.29) is 11.2 Å². The molecule has 0 unspecified atom stereocenters. The fourth-order valence-electron chi connectivity index (χ4n) is 4.26. The van der Waals surface area contributed by atoms with Crippen molar-refractivity contribution in [2.75, 3.05) is 17.2 Å². The van der Waals surface area contributed by atoms with Crippen LogP contribution in [0.2, 0.25) is 0 Å². The number of aromatic amines is 1. The molecule has 3 heterocycles. The van der Waals surface area contributed by atoms with E-state index in [0.29, 0.717) is 5.82 Å².